The molecule has 0 radical (unpaired) electrons. The lowest BCUT2D eigenvalue weighted by molar-refractivity contribution is 0.368. The zero-order chi connectivity index (χ0) is 22.9. The molecule has 3 aromatic rings. The normalized spacial score (nSPS) is 10.8. The Balaban J connectivity index is 0.000000614. The lowest BCUT2D eigenvalue weighted by Gasteiger charge is -2.02. The highest BCUT2D eigenvalue weighted by atomic mass is 32.2. The summed E-state index contributed by atoms with van der Waals surface area (Å²) in [4.78, 5) is 1.21. The van der Waals surface area contributed by atoms with Gasteiger partial charge < -0.3 is 26.7 Å². The third-order valence-electron chi connectivity index (χ3n) is 4.18. The van der Waals surface area contributed by atoms with Crippen molar-refractivity contribution in [3.63, 3.8) is 0 Å². The van der Waals surface area contributed by atoms with E-state index in [2.05, 4.69) is 42.7 Å². The molecule has 9 heteroatoms. The number of benzene rings is 2. The Morgan fingerprint density at radius 3 is 1.39 bits per heavy atom. The predicted octanol–water partition coefficient (Wildman–Crippen LogP) is 6.78. The number of rotatable bonds is 7. The summed E-state index contributed by atoms with van der Waals surface area (Å²) in [7, 11) is -2.64. The van der Waals surface area contributed by atoms with Crippen LogP contribution in [0.15, 0.2) is 70.0 Å². The maximum atomic E-state index is 9.75. The molecule has 31 heavy (non-hydrogen) atoms. The van der Waals surface area contributed by atoms with Crippen LogP contribution in [-0.4, -0.2) is 27.7 Å². The fourth-order valence-corrected chi connectivity index (χ4v) is 3.27. The van der Waals surface area contributed by atoms with Gasteiger partial charge in [0.25, 0.3) is 0 Å². The van der Waals surface area contributed by atoms with Gasteiger partial charge in [-0.05, 0) is 41.6 Å². The highest BCUT2D eigenvalue weighted by molar-refractivity contribution is 7.98. The molecule has 0 amide bonds. The predicted molar refractivity (Wildman–Crippen MR) is 117 cm³/mol. The van der Waals surface area contributed by atoms with Crippen LogP contribution < -0.4 is 9.47 Å². The van der Waals surface area contributed by atoms with Crippen LogP contribution in [0.5, 0.6) is 11.5 Å². The van der Waals surface area contributed by atoms with E-state index in [1.54, 1.807) is 26.0 Å². The molecule has 3 nitrogen and oxygen atoms in total. The van der Waals surface area contributed by atoms with Gasteiger partial charge in [0.15, 0.2) is 0 Å². The second-order valence-corrected chi connectivity index (χ2v) is 7.35. The third kappa shape index (κ3) is 9.34. The van der Waals surface area contributed by atoms with Crippen LogP contribution in [0.25, 0.3) is 0 Å². The fraction of sp³-hybridized carbons (Fsp3) is 0.227. The number of methoxy groups -OCH3 is 2. The topological polar surface area (TPSA) is 29.8 Å². The van der Waals surface area contributed by atoms with Gasteiger partial charge in [-0.3, -0.25) is 0 Å². The van der Waals surface area contributed by atoms with Crippen LogP contribution in [0.3, 0.4) is 0 Å². The molecule has 0 aliphatic heterocycles. The Labute approximate surface area is 183 Å². The molecular formula is C22H23BF4O3S. The van der Waals surface area contributed by atoms with Gasteiger partial charge in [0.05, 0.1) is 39.2 Å². The summed E-state index contributed by atoms with van der Waals surface area (Å²) in [5, 5.41) is 0. The van der Waals surface area contributed by atoms with Gasteiger partial charge in [0.1, 0.15) is 11.5 Å². The van der Waals surface area contributed by atoms with Crippen molar-refractivity contribution in [3.8, 4) is 11.5 Å². The van der Waals surface area contributed by atoms with E-state index in [0.29, 0.717) is 0 Å². The number of hydrogen-bond donors (Lipinski definition) is 0. The summed E-state index contributed by atoms with van der Waals surface area (Å²) < 4.78 is 55.6. The first-order valence-corrected chi connectivity index (χ1v) is 10.6. The molecule has 0 aliphatic carbocycles. The second kappa shape index (κ2) is 11.6. The Morgan fingerprint density at radius 1 is 0.742 bits per heavy atom. The molecular weight excluding hydrogens is 431 g/mol. The number of ether oxygens (including phenoxy) is 2. The van der Waals surface area contributed by atoms with Crippen LogP contribution in [0.4, 0.5) is 17.3 Å². The Morgan fingerprint density at radius 2 is 1.10 bits per heavy atom. The minimum Gasteiger partial charge on any atom is -0.497 e. The Kier molecular flexibility index (Phi) is 9.24. The summed E-state index contributed by atoms with van der Waals surface area (Å²) in [6.07, 6.45) is 3.60. The SMILES string of the molecule is COc1ccc(Cc2cc(SC)cc(Cc3ccc(OC)cc3)[o+]2)cc1.F[B-](F)(F)F. The molecule has 0 saturated heterocycles. The van der Waals surface area contributed by atoms with Gasteiger partial charge in [-0.1, -0.05) is 24.3 Å². The number of hydrogen-bond acceptors (Lipinski definition) is 3. The molecule has 0 N–H and O–H groups in total. The average molecular weight is 454 g/mol. The second-order valence-electron chi connectivity index (χ2n) is 6.47. The van der Waals surface area contributed by atoms with Gasteiger partial charge >= 0.3 is 18.8 Å². The third-order valence-corrected chi connectivity index (χ3v) is 4.89. The molecule has 166 valence electrons. The number of halogens is 4. The van der Waals surface area contributed by atoms with E-state index in [1.807, 2.05) is 24.3 Å². The van der Waals surface area contributed by atoms with E-state index in [1.165, 1.54) is 16.0 Å². The Hall–Kier alpha value is -2.68. The van der Waals surface area contributed by atoms with Gasteiger partial charge in [-0.15, -0.1) is 11.8 Å². The first-order chi connectivity index (χ1) is 14.7. The quantitative estimate of drug-likeness (QED) is 0.170. The van der Waals surface area contributed by atoms with Crippen LogP contribution in [0, 0.1) is 0 Å². The van der Waals surface area contributed by atoms with Gasteiger partial charge in [0, 0.05) is 4.90 Å². The lowest BCUT2D eigenvalue weighted by Crippen LogP contribution is -2.02. The fourth-order valence-electron chi connectivity index (χ4n) is 2.77. The van der Waals surface area contributed by atoms with Crippen molar-refractivity contribution in [1.82, 2.24) is 0 Å². The maximum Gasteiger partial charge on any atom is 0.673 e. The van der Waals surface area contributed by atoms with E-state index in [0.717, 1.165) is 35.9 Å². The Bertz CT molecular complexity index is 875. The smallest absolute Gasteiger partial charge is 0.497 e. The van der Waals surface area contributed by atoms with Crippen LogP contribution >= 0.6 is 11.8 Å². The minimum absolute atomic E-state index is 0.758. The maximum absolute atomic E-state index is 9.75. The van der Waals surface area contributed by atoms with E-state index >= 15 is 0 Å². The van der Waals surface area contributed by atoms with Crippen LogP contribution in [0.2, 0.25) is 0 Å². The molecule has 0 bridgehead atoms. The first-order valence-electron chi connectivity index (χ1n) is 9.33. The summed E-state index contributed by atoms with van der Waals surface area (Å²) in [6.45, 7) is 0. The molecule has 0 spiro atoms. The van der Waals surface area contributed by atoms with Crippen molar-refractivity contribution in [3.05, 3.63) is 83.3 Å². The molecule has 0 fully saturated rings. The van der Waals surface area contributed by atoms with Crippen molar-refractivity contribution in [1.29, 1.82) is 0 Å². The standard InChI is InChI=1S/C22H23O3S.BF4/c1-23-18-8-4-16(5-9-18)12-20-14-22(26-3)15-21(25-20)13-17-6-10-19(24-2)11-7-17;2-1(3,4)5/h4-11,14-15H,12-13H2,1-3H3;/q+1;-1. The summed E-state index contributed by atoms with van der Waals surface area (Å²) >= 11 is 1.73. The van der Waals surface area contributed by atoms with Gasteiger partial charge in [0.2, 0.25) is 0 Å². The lowest BCUT2D eigenvalue weighted by atomic mass is 10.1. The molecule has 3 rings (SSSR count). The van der Waals surface area contributed by atoms with Gasteiger partial charge in [-0.2, -0.15) is 0 Å². The summed E-state index contributed by atoms with van der Waals surface area (Å²) in [6, 6.07) is 20.4. The van der Waals surface area contributed by atoms with Crippen molar-refractivity contribution in [2.45, 2.75) is 17.7 Å². The van der Waals surface area contributed by atoms with E-state index in [4.69, 9.17) is 13.9 Å². The van der Waals surface area contributed by atoms with E-state index < -0.39 is 7.25 Å². The molecule has 0 aliphatic rings. The monoisotopic (exact) mass is 454 g/mol. The zero-order valence-corrected chi connectivity index (χ0v) is 18.2. The van der Waals surface area contributed by atoms with Crippen molar-refractivity contribution in [2.75, 3.05) is 20.5 Å². The highest BCUT2D eigenvalue weighted by Crippen LogP contribution is 2.24. The number of thioether (sulfide) groups is 1. The van der Waals surface area contributed by atoms with Crippen molar-refractivity contribution >= 4 is 19.0 Å². The summed E-state index contributed by atoms with van der Waals surface area (Å²) in [5.41, 5.74) is 2.39. The molecule has 0 saturated carbocycles. The molecule has 2 aromatic carbocycles. The van der Waals surface area contributed by atoms with Gasteiger partial charge in [-0.25, -0.2) is 4.42 Å². The summed E-state index contributed by atoms with van der Waals surface area (Å²) in [5.74, 6) is 3.66. The molecule has 0 unspecified atom stereocenters. The van der Waals surface area contributed by atoms with Crippen LogP contribution in [-0.2, 0) is 12.8 Å². The minimum atomic E-state index is -6.00. The van der Waals surface area contributed by atoms with Crippen LogP contribution in [0.1, 0.15) is 22.6 Å². The largest absolute Gasteiger partial charge is 0.673 e. The van der Waals surface area contributed by atoms with E-state index in [-0.39, 0.29) is 0 Å². The average Bonchev–Trinajstić information content (AvgIpc) is 2.73. The van der Waals surface area contributed by atoms with Crippen molar-refractivity contribution < 1.29 is 31.2 Å². The molecule has 1 heterocycles. The van der Waals surface area contributed by atoms with E-state index in [9.17, 15) is 17.3 Å². The molecule has 1 aromatic heterocycles. The molecule has 0 atom stereocenters. The first kappa shape index (κ1) is 24.6. The van der Waals surface area contributed by atoms with Crippen molar-refractivity contribution in [2.24, 2.45) is 0 Å². The highest BCUT2D eigenvalue weighted by Gasteiger charge is 2.20. The zero-order valence-electron chi connectivity index (χ0n) is 17.4.